The summed E-state index contributed by atoms with van der Waals surface area (Å²) in [7, 11) is 0. The number of nitrogens with zero attached hydrogens (tertiary/aromatic N) is 2. The molecule has 0 saturated carbocycles. The van der Waals surface area contributed by atoms with Crippen LogP contribution in [0.15, 0.2) is 81.6 Å². The van der Waals surface area contributed by atoms with E-state index in [1.807, 2.05) is 0 Å². The summed E-state index contributed by atoms with van der Waals surface area (Å²) in [6, 6.07) is 14.4. The van der Waals surface area contributed by atoms with Crippen LogP contribution < -0.4 is 11.5 Å². The Morgan fingerprint density at radius 3 is 1.38 bits per heavy atom. The van der Waals surface area contributed by atoms with Gasteiger partial charge >= 0.3 is 12.4 Å². The zero-order valence-electron chi connectivity index (χ0n) is 21.0. The molecule has 0 bridgehead atoms. The first-order valence-corrected chi connectivity index (χ1v) is 12.1. The number of alkyl halides is 6. The number of hydrogen-bond donors (Lipinski definition) is 2. The fourth-order valence-corrected chi connectivity index (χ4v) is 4.51. The average Bonchev–Trinajstić information content (AvgIpc) is 3.54. The fraction of sp³-hybridized carbons (Fsp3) is 0.0690. The Hall–Kier alpha value is -5.33. The van der Waals surface area contributed by atoms with Gasteiger partial charge in [0, 0.05) is 22.5 Å². The minimum atomic E-state index is -4.69. The first-order chi connectivity index (χ1) is 19.8. The van der Waals surface area contributed by atoms with Crippen molar-refractivity contribution in [2.75, 3.05) is 11.5 Å². The van der Waals surface area contributed by atoms with Gasteiger partial charge in [-0.2, -0.15) is 26.3 Å². The number of rotatable bonds is 4. The van der Waals surface area contributed by atoms with E-state index >= 15 is 0 Å². The second-order valence-electron chi connectivity index (χ2n) is 9.34. The Balaban J connectivity index is 1.36. The molecule has 0 radical (unpaired) electrons. The van der Waals surface area contributed by atoms with E-state index < -0.39 is 29.3 Å². The van der Waals surface area contributed by atoms with Gasteiger partial charge in [-0.1, -0.05) is 0 Å². The van der Waals surface area contributed by atoms with Gasteiger partial charge in [-0.3, -0.25) is 4.79 Å². The van der Waals surface area contributed by atoms with Crippen LogP contribution in [-0.2, 0) is 12.4 Å². The SMILES string of the molecule is Nc1ccc(C(F)(F)F)c(-c2nc3cc(C(=O)c4ccc5oc(-c6cc(N)ccc6C(F)(F)F)nc5c4)ccc3o2)c1. The summed E-state index contributed by atoms with van der Waals surface area (Å²) in [5.74, 6) is -1.16. The Bertz CT molecular complexity index is 1880. The number of benzene rings is 4. The van der Waals surface area contributed by atoms with Crippen molar-refractivity contribution in [1.82, 2.24) is 9.97 Å². The van der Waals surface area contributed by atoms with Crippen LogP contribution in [0.1, 0.15) is 27.0 Å². The Morgan fingerprint density at radius 2 is 1.00 bits per heavy atom. The van der Waals surface area contributed by atoms with Gasteiger partial charge in [0.25, 0.3) is 0 Å². The molecule has 0 unspecified atom stereocenters. The number of nitrogens with two attached hydrogens (primary N) is 2. The zero-order chi connectivity index (χ0) is 30.0. The molecule has 0 atom stereocenters. The number of ketones is 1. The number of carbonyl (C=O) groups excluding carboxylic acids is 1. The van der Waals surface area contributed by atoms with Gasteiger partial charge in [-0.25, -0.2) is 9.97 Å². The highest BCUT2D eigenvalue weighted by Crippen LogP contribution is 2.40. The summed E-state index contributed by atoms with van der Waals surface area (Å²) in [6.45, 7) is 0. The van der Waals surface area contributed by atoms with Gasteiger partial charge in [0.05, 0.1) is 22.3 Å². The van der Waals surface area contributed by atoms with E-state index in [2.05, 4.69) is 9.97 Å². The third-order valence-electron chi connectivity index (χ3n) is 6.46. The Morgan fingerprint density at radius 1 is 0.595 bits per heavy atom. The summed E-state index contributed by atoms with van der Waals surface area (Å²) < 4.78 is 92.4. The number of halogens is 6. The van der Waals surface area contributed by atoms with Gasteiger partial charge < -0.3 is 20.3 Å². The van der Waals surface area contributed by atoms with Crippen molar-refractivity contribution in [2.24, 2.45) is 0 Å². The number of aromatic nitrogens is 2. The van der Waals surface area contributed by atoms with Gasteiger partial charge in [-0.15, -0.1) is 0 Å². The quantitative estimate of drug-likeness (QED) is 0.124. The van der Waals surface area contributed by atoms with Crippen molar-refractivity contribution < 1.29 is 40.0 Å². The molecule has 2 heterocycles. The summed E-state index contributed by atoms with van der Waals surface area (Å²) >= 11 is 0. The molecule has 42 heavy (non-hydrogen) atoms. The van der Waals surface area contributed by atoms with Crippen LogP contribution in [0, 0.1) is 0 Å². The minimum absolute atomic E-state index is 0.0768. The first-order valence-electron chi connectivity index (χ1n) is 12.1. The predicted molar refractivity (Wildman–Crippen MR) is 141 cm³/mol. The maximum Gasteiger partial charge on any atom is 0.417 e. The van der Waals surface area contributed by atoms with Crippen LogP contribution in [-0.4, -0.2) is 15.8 Å². The molecular formula is C29H16F6N4O3. The van der Waals surface area contributed by atoms with Gasteiger partial charge in [0.2, 0.25) is 11.8 Å². The predicted octanol–water partition coefficient (Wildman–Crippen LogP) is 7.74. The molecule has 2 aromatic heterocycles. The Kier molecular flexibility index (Phi) is 5.99. The van der Waals surface area contributed by atoms with E-state index in [1.54, 1.807) is 0 Å². The largest absolute Gasteiger partial charge is 0.436 e. The molecule has 6 aromatic rings. The highest BCUT2D eigenvalue weighted by Gasteiger charge is 2.36. The lowest BCUT2D eigenvalue weighted by Gasteiger charge is -2.10. The van der Waals surface area contributed by atoms with Crippen LogP contribution in [0.25, 0.3) is 45.1 Å². The monoisotopic (exact) mass is 582 g/mol. The second kappa shape index (κ2) is 9.36. The molecule has 0 aliphatic carbocycles. The van der Waals surface area contributed by atoms with E-state index in [0.29, 0.717) is 0 Å². The van der Waals surface area contributed by atoms with Crippen molar-refractivity contribution in [3.63, 3.8) is 0 Å². The van der Waals surface area contributed by atoms with E-state index in [-0.39, 0.29) is 67.6 Å². The average molecular weight is 582 g/mol. The fourth-order valence-electron chi connectivity index (χ4n) is 4.51. The molecule has 0 aliphatic rings. The van der Waals surface area contributed by atoms with Crippen molar-refractivity contribution in [1.29, 1.82) is 0 Å². The summed E-state index contributed by atoms with van der Waals surface area (Å²) in [5.41, 5.74) is 9.63. The highest BCUT2D eigenvalue weighted by molar-refractivity contribution is 6.11. The molecule has 0 saturated heterocycles. The van der Waals surface area contributed by atoms with E-state index in [9.17, 15) is 31.1 Å². The summed E-state index contributed by atoms with van der Waals surface area (Å²) in [5, 5.41) is 0. The van der Waals surface area contributed by atoms with Crippen LogP contribution in [0.4, 0.5) is 37.7 Å². The lowest BCUT2D eigenvalue weighted by Crippen LogP contribution is -2.07. The second-order valence-corrected chi connectivity index (χ2v) is 9.34. The maximum absolute atomic E-state index is 13.6. The van der Waals surface area contributed by atoms with Crippen molar-refractivity contribution in [3.8, 4) is 22.9 Å². The first kappa shape index (κ1) is 26.9. The Labute approximate surface area is 231 Å². The number of carbonyl (C=O) groups is 1. The van der Waals surface area contributed by atoms with E-state index in [0.717, 1.165) is 36.4 Å². The zero-order valence-corrected chi connectivity index (χ0v) is 21.0. The summed E-state index contributed by atoms with van der Waals surface area (Å²) in [6.07, 6.45) is -9.38. The highest BCUT2D eigenvalue weighted by atomic mass is 19.4. The van der Waals surface area contributed by atoms with Crippen LogP contribution in [0.3, 0.4) is 0 Å². The van der Waals surface area contributed by atoms with Gasteiger partial charge in [0.15, 0.2) is 16.9 Å². The minimum Gasteiger partial charge on any atom is -0.436 e. The molecule has 0 aliphatic heterocycles. The van der Waals surface area contributed by atoms with Crippen LogP contribution in [0.2, 0.25) is 0 Å². The van der Waals surface area contributed by atoms with Gasteiger partial charge in [-0.05, 0) is 72.8 Å². The molecular weight excluding hydrogens is 566 g/mol. The molecule has 6 rings (SSSR count). The lowest BCUT2D eigenvalue weighted by atomic mass is 10.0. The van der Waals surface area contributed by atoms with Crippen LogP contribution in [0.5, 0.6) is 0 Å². The number of anilines is 2. The normalized spacial score (nSPS) is 12.3. The number of fused-ring (bicyclic) bond motifs is 2. The molecule has 4 aromatic carbocycles. The number of nitrogen functional groups attached to an aromatic ring is 2. The van der Waals surface area contributed by atoms with E-state index in [4.69, 9.17) is 20.3 Å². The third kappa shape index (κ3) is 4.78. The maximum atomic E-state index is 13.6. The number of hydrogen-bond acceptors (Lipinski definition) is 7. The molecule has 0 amide bonds. The standard InChI is InChI=1S/C29H16F6N4O3/c30-28(31,32)19-5-3-15(36)11-17(19)26-38-21-9-13(1-7-23(21)41-26)25(40)14-2-8-24-22(10-14)39-27(42-24)18-12-16(37)4-6-20(18)29(33,34)35/h1-12H,36-37H2. The molecule has 0 fully saturated rings. The van der Waals surface area contributed by atoms with Gasteiger partial charge in [0.1, 0.15) is 11.0 Å². The topological polar surface area (TPSA) is 121 Å². The molecule has 13 heteroatoms. The lowest BCUT2D eigenvalue weighted by molar-refractivity contribution is -0.138. The molecule has 212 valence electrons. The molecule has 7 nitrogen and oxygen atoms in total. The van der Waals surface area contributed by atoms with E-state index in [1.165, 1.54) is 36.4 Å². The third-order valence-corrected chi connectivity index (χ3v) is 6.46. The molecule has 4 N–H and O–H groups in total. The molecule has 0 spiro atoms. The summed E-state index contributed by atoms with van der Waals surface area (Å²) in [4.78, 5) is 21.6. The van der Waals surface area contributed by atoms with Crippen molar-refractivity contribution >= 4 is 39.4 Å². The van der Waals surface area contributed by atoms with Crippen molar-refractivity contribution in [3.05, 3.63) is 95.1 Å². The van der Waals surface area contributed by atoms with Crippen LogP contribution >= 0.6 is 0 Å². The van der Waals surface area contributed by atoms with Crippen molar-refractivity contribution in [2.45, 2.75) is 12.4 Å². The number of oxazole rings is 2. The smallest absolute Gasteiger partial charge is 0.417 e.